The van der Waals surface area contributed by atoms with Crippen LogP contribution in [0.4, 0.5) is 15.8 Å². The van der Waals surface area contributed by atoms with Crippen LogP contribution in [-0.2, 0) is 27.1 Å². The Morgan fingerprint density at radius 2 is 2.00 bits per heavy atom. The summed E-state index contributed by atoms with van der Waals surface area (Å²) in [6.45, 7) is 0.958. The molecule has 2 aliphatic heterocycles. The summed E-state index contributed by atoms with van der Waals surface area (Å²) in [7, 11) is 0. The molecular formula is C26H22ClFN2O3. The van der Waals surface area contributed by atoms with Gasteiger partial charge in [0.2, 0.25) is 12.7 Å². The van der Waals surface area contributed by atoms with Crippen molar-refractivity contribution in [2.45, 2.75) is 18.9 Å². The molecule has 0 spiro atoms. The van der Waals surface area contributed by atoms with Crippen LogP contribution in [0.1, 0.15) is 22.7 Å². The number of carbonyl (C=O) groups is 1. The molecule has 2 heterocycles. The third kappa shape index (κ3) is 4.52. The van der Waals surface area contributed by atoms with E-state index in [1.807, 2.05) is 42.5 Å². The lowest BCUT2D eigenvalue weighted by Crippen LogP contribution is -2.29. The number of amides is 1. The van der Waals surface area contributed by atoms with E-state index in [1.54, 1.807) is 18.4 Å². The van der Waals surface area contributed by atoms with Gasteiger partial charge < -0.3 is 19.7 Å². The Labute approximate surface area is 196 Å². The smallest absolute Gasteiger partial charge is 0.229 e. The zero-order valence-corrected chi connectivity index (χ0v) is 18.5. The predicted octanol–water partition coefficient (Wildman–Crippen LogP) is 5.61. The van der Waals surface area contributed by atoms with Crippen LogP contribution in [-0.4, -0.2) is 19.2 Å². The Balaban J connectivity index is 1.37. The van der Waals surface area contributed by atoms with Crippen molar-refractivity contribution in [3.8, 4) is 0 Å². The van der Waals surface area contributed by atoms with Gasteiger partial charge in [-0.05, 0) is 53.9 Å². The Hall–Kier alpha value is -3.51. The van der Waals surface area contributed by atoms with Gasteiger partial charge in [0, 0.05) is 28.5 Å². The molecule has 0 bridgehead atoms. The van der Waals surface area contributed by atoms with E-state index in [0.717, 1.165) is 29.8 Å². The van der Waals surface area contributed by atoms with Gasteiger partial charge in [0.05, 0.1) is 6.42 Å². The van der Waals surface area contributed by atoms with Crippen molar-refractivity contribution in [2.24, 2.45) is 0 Å². The molecule has 1 atom stereocenters. The largest absolute Gasteiger partial charge is 0.462 e. The van der Waals surface area contributed by atoms with E-state index >= 15 is 0 Å². The van der Waals surface area contributed by atoms with E-state index in [1.165, 1.54) is 12.1 Å². The summed E-state index contributed by atoms with van der Waals surface area (Å²) in [5, 5.41) is 3.58. The van der Waals surface area contributed by atoms with Crippen molar-refractivity contribution in [1.29, 1.82) is 0 Å². The number of nitrogens with one attached hydrogen (secondary N) is 1. The van der Waals surface area contributed by atoms with E-state index in [-0.39, 0.29) is 31.0 Å². The first-order chi connectivity index (χ1) is 16.1. The highest BCUT2D eigenvalue weighted by Gasteiger charge is 2.34. The molecule has 0 radical (unpaired) electrons. The summed E-state index contributed by atoms with van der Waals surface area (Å²) in [5.74, 6) is 0.173. The van der Waals surface area contributed by atoms with Crippen molar-refractivity contribution in [2.75, 3.05) is 23.6 Å². The molecule has 5 rings (SSSR count). The van der Waals surface area contributed by atoms with Crippen molar-refractivity contribution < 1.29 is 18.7 Å². The topological polar surface area (TPSA) is 50.8 Å². The third-order valence-electron chi connectivity index (χ3n) is 5.82. The molecule has 1 amide bonds. The number of fused-ring (bicyclic) bond motifs is 1. The highest BCUT2D eigenvalue weighted by atomic mass is 35.5. The Bertz CT molecular complexity index is 1230. The highest BCUT2D eigenvalue weighted by molar-refractivity contribution is 6.31. The molecular weight excluding hydrogens is 443 g/mol. The van der Waals surface area contributed by atoms with Gasteiger partial charge in [-0.15, -0.1) is 0 Å². The number of rotatable bonds is 6. The first-order valence-electron chi connectivity index (χ1n) is 10.7. The second kappa shape index (κ2) is 9.16. The van der Waals surface area contributed by atoms with Gasteiger partial charge >= 0.3 is 0 Å². The van der Waals surface area contributed by atoms with Gasteiger partial charge in [0.15, 0.2) is 5.76 Å². The van der Waals surface area contributed by atoms with E-state index in [4.69, 9.17) is 21.1 Å². The normalized spacial score (nSPS) is 15.3. The maximum atomic E-state index is 13.4. The van der Waals surface area contributed by atoms with Crippen molar-refractivity contribution in [3.05, 3.63) is 106 Å². The molecule has 3 aromatic carbocycles. The van der Waals surface area contributed by atoms with E-state index in [2.05, 4.69) is 10.2 Å². The molecule has 2 aliphatic rings. The first-order valence-corrected chi connectivity index (χ1v) is 11.1. The van der Waals surface area contributed by atoms with Crippen LogP contribution in [0.5, 0.6) is 0 Å². The van der Waals surface area contributed by atoms with Gasteiger partial charge in [0.1, 0.15) is 18.1 Å². The fourth-order valence-electron chi connectivity index (χ4n) is 4.38. The average Bonchev–Trinajstić information content (AvgIpc) is 3.46. The molecule has 0 saturated heterocycles. The number of hydrogen-bond donors (Lipinski definition) is 1. The fraction of sp³-hybridized carbons (Fsp3) is 0.192. The highest BCUT2D eigenvalue weighted by Crippen LogP contribution is 2.42. The standard InChI is InChI=1S/C26H22ClFN2O3/c27-22-7-2-1-6-21(22)26(24-15-32-16-33-24)30-11-10-18-14-20(8-9-23(18)30)29-25(31)13-17-4-3-5-19(28)12-17/h1-9,12,14-15,26H,10-11,13,16H2,(H,29,31). The molecule has 1 unspecified atom stereocenters. The minimum Gasteiger partial charge on any atom is -0.462 e. The molecule has 168 valence electrons. The molecule has 7 heteroatoms. The van der Waals surface area contributed by atoms with Crippen molar-refractivity contribution in [1.82, 2.24) is 0 Å². The van der Waals surface area contributed by atoms with Gasteiger partial charge in [-0.25, -0.2) is 4.39 Å². The SMILES string of the molecule is O=C(Cc1cccc(F)c1)Nc1ccc2c(c1)CCN2C(C1=COCO1)c1ccccc1Cl. The molecule has 3 aromatic rings. The first kappa shape index (κ1) is 21.3. The second-order valence-corrected chi connectivity index (χ2v) is 8.42. The van der Waals surface area contributed by atoms with Crippen LogP contribution >= 0.6 is 11.6 Å². The van der Waals surface area contributed by atoms with Crippen LogP contribution in [0, 0.1) is 5.82 Å². The third-order valence-corrected chi connectivity index (χ3v) is 6.17. The lowest BCUT2D eigenvalue weighted by atomic mass is 10.0. The van der Waals surface area contributed by atoms with Crippen LogP contribution in [0.3, 0.4) is 0 Å². The van der Waals surface area contributed by atoms with Crippen LogP contribution in [0.15, 0.2) is 78.8 Å². The van der Waals surface area contributed by atoms with Crippen LogP contribution in [0.25, 0.3) is 0 Å². The summed E-state index contributed by atoms with van der Waals surface area (Å²) >= 11 is 6.54. The summed E-state index contributed by atoms with van der Waals surface area (Å²) in [4.78, 5) is 14.7. The molecule has 5 nitrogen and oxygen atoms in total. The van der Waals surface area contributed by atoms with Crippen LogP contribution < -0.4 is 10.2 Å². The Morgan fingerprint density at radius 1 is 1.12 bits per heavy atom. The lowest BCUT2D eigenvalue weighted by molar-refractivity contribution is -0.115. The molecule has 33 heavy (non-hydrogen) atoms. The van der Waals surface area contributed by atoms with Crippen molar-refractivity contribution in [3.63, 3.8) is 0 Å². The number of benzene rings is 3. The Kier molecular flexibility index (Phi) is 5.92. The number of carbonyl (C=O) groups excluding carboxylic acids is 1. The Morgan fingerprint density at radius 3 is 2.79 bits per heavy atom. The minimum absolute atomic E-state index is 0.112. The summed E-state index contributed by atoms with van der Waals surface area (Å²) in [6, 6.07) is 19.5. The predicted molar refractivity (Wildman–Crippen MR) is 126 cm³/mol. The number of ether oxygens (including phenoxy) is 2. The van der Waals surface area contributed by atoms with E-state index in [9.17, 15) is 9.18 Å². The molecule has 0 fully saturated rings. The number of anilines is 2. The number of nitrogens with zero attached hydrogens (tertiary/aromatic N) is 1. The second-order valence-electron chi connectivity index (χ2n) is 8.01. The molecule has 0 aromatic heterocycles. The van der Waals surface area contributed by atoms with Gasteiger partial charge in [-0.3, -0.25) is 4.79 Å². The van der Waals surface area contributed by atoms with Crippen molar-refractivity contribution >= 4 is 28.9 Å². The van der Waals surface area contributed by atoms with Crippen LogP contribution in [0.2, 0.25) is 5.02 Å². The molecule has 0 aliphatic carbocycles. The van der Waals surface area contributed by atoms with Gasteiger partial charge in [-0.2, -0.15) is 0 Å². The van der Waals surface area contributed by atoms with Gasteiger partial charge in [0.25, 0.3) is 0 Å². The van der Waals surface area contributed by atoms with E-state index < -0.39 is 0 Å². The zero-order chi connectivity index (χ0) is 22.8. The van der Waals surface area contributed by atoms with Gasteiger partial charge in [-0.1, -0.05) is 41.9 Å². The summed E-state index contributed by atoms with van der Waals surface area (Å²) in [5.41, 5.74) is 4.46. The molecule has 0 saturated carbocycles. The summed E-state index contributed by atoms with van der Waals surface area (Å²) < 4.78 is 24.5. The molecule has 1 N–H and O–H groups in total. The minimum atomic E-state index is -0.349. The fourth-order valence-corrected chi connectivity index (χ4v) is 4.62. The zero-order valence-electron chi connectivity index (χ0n) is 17.8. The number of hydrogen-bond acceptors (Lipinski definition) is 4. The quantitative estimate of drug-likeness (QED) is 0.515. The summed E-state index contributed by atoms with van der Waals surface area (Å²) in [6.07, 6.45) is 2.58. The average molecular weight is 465 g/mol. The maximum Gasteiger partial charge on any atom is 0.229 e. The lowest BCUT2D eigenvalue weighted by Gasteiger charge is -2.31. The number of halogens is 2. The monoisotopic (exact) mass is 464 g/mol. The maximum absolute atomic E-state index is 13.4. The van der Waals surface area contributed by atoms with E-state index in [0.29, 0.717) is 22.0 Å².